The highest BCUT2D eigenvalue weighted by atomic mass is 16.1. The van der Waals surface area contributed by atoms with Gasteiger partial charge in [0.25, 0.3) is 0 Å². The maximum absolute atomic E-state index is 12.1. The van der Waals surface area contributed by atoms with Crippen LogP contribution in [0.4, 0.5) is 5.69 Å². The second kappa shape index (κ2) is 8.65. The van der Waals surface area contributed by atoms with Crippen molar-refractivity contribution in [1.29, 1.82) is 0 Å². The van der Waals surface area contributed by atoms with Crippen LogP contribution in [0.3, 0.4) is 0 Å². The molecule has 0 aliphatic carbocycles. The van der Waals surface area contributed by atoms with Crippen molar-refractivity contribution in [2.24, 2.45) is 0 Å². The number of rotatable bonds is 6. The summed E-state index contributed by atoms with van der Waals surface area (Å²) in [7, 11) is 0. The van der Waals surface area contributed by atoms with E-state index in [0.717, 1.165) is 18.7 Å². The molecule has 1 fully saturated rings. The first-order chi connectivity index (χ1) is 11.8. The van der Waals surface area contributed by atoms with Crippen LogP contribution in [0.1, 0.15) is 36.8 Å². The molecule has 2 aromatic carbocycles. The summed E-state index contributed by atoms with van der Waals surface area (Å²) < 4.78 is 0. The zero-order chi connectivity index (χ0) is 16.6. The maximum atomic E-state index is 12.1. The fourth-order valence-electron chi connectivity index (χ4n) is 3.35. The van der Waals surface area contributed by atoms with Gasteiger partial charge in [-0.15, -0.1) is 0 Å². The molecule has 0 bridgehead atoms. The van der Waals surface area contributed by atoms with E-state index in [-0.39, 0.29) is 5.91 Å². The van der Waals surface area contributed by atoms with E-state index in [1.165, 1.54) is 43.5 Å². The van der Waals surface area contributed by atoms with Gasteiger partial charge in [-0.25, -0.2) is 0 Å². The molecule has 2 aromatic rings. The Morgan fingerprint density at radius 3 is 2.29 bits per heavy atom. The minimum atomic E-state index is 0.0771. The van der Waals surface area contributed by atoms with Crippen molar-refractivity contribution in [1.82, 2.24) is 0 Å². The number of anilines is 1. The van der Waals surface area contributed by atoms with E-state index in [4.69, 9.17) is 0 Å². The van der Waals surface area contributed by atoms with Crippen molar-refractivity contribution in [2.75, 3.05) is 18.4 Å². The van der Waals surface area contributed by atoms with Crippen LogP contribution in [-0.4, -0.2) is 19.0 Å². The standard InChI is InChI=1S/C21H26N2O/c24-21(14-11-18-7-3-1-4-8-18)22-20-12-9-19(10-13-20)17-23-15-5-2-6-16-23/h1,3-4,7-10,12-13H,2,5-6,11,14-17H2,(H,22,24)/p+1. The third-order valence-electron chi connectivity index (χ3n) is 4.74. The highest BCUT2D eigenvalue weighted by Gasteiger charge is 2.13. The van der Waals surface area contributed by atoms with Crippen molar-refractivity contribution in [3.05, 3.63) is 65.7 Å². The van der Waals surface area contributed by atoms with Gasteiger partial charge < -0.3 is 10.2 Å². The molecule has 1 heterocycles. The van der Waals surface area contributed by atoms with E-state index in [2.05, 4.69) is 29.6 Å². The highest BCUT2D eigenvalue weighted by molar-refractivity contribution is 5.90. The first kappa shape index (κ1) is 16.7. The van der Waals surface area contributed by atoms with Gasteiger partial charge in [0.1, 0.15) is 6.54 Å². The number of aryl methyl sites for hydroxylation is 1. The van der Waals surface area contributed by atoms with Crippen molar-refractivity contribution in [3.63, 3.8) is 0 Å². The SMILES string of the molecule is O=C(CCc1ccccc1)Nc1ccc(C[NH+]2CCCCC2)cc1. The van der Waals surface area contributed by atoms with Crippen molar-refractivity contribution in [3.8, 4) is 0 Å². The highest BCUT2D eigenvalue weighted by Crippen LogP contribution is 2.11. The summed E-state index contributed by atoms with van der Waals surface area (Å²) in [6.45, 7) is 3.68. The zero-order valence-corrected chi connectivity index (χ0v) is 14.3. The van der Waals surface area contributed by atoms with Gasteiger partial charge in [-0.05, 0) is 43.4 Å². The lowest BCUT2D eigenvalue weighted by atomic mass is 10.1. The maximum Gasteiger partial charge on any atom is 0.224 e. The van der Waals surface area contributed by atoms with Crippen LogP contribution >= 0.6 is 0 Å². The molecular formula is C21H27N2O+. The minimum absolute atomic E-state index is 0.0771. The molecule has 0 unspecified atom stereocenters. The molecule has 1 aliphatic rings. The number of carbonyl (C=O) groups excluding carboxylic acids is 1. The quantitative estimate of drug-likeness (QED) is 0.842. The number of piperidine rings is 1. The number of hydrogen-bond acceptors (Lipinski definition) is 1. The van der Waals surface area contributed by atoms with Crippen LogP contribution < -0.4 is 10.2 Å². The molecular weight excluding hydrogens is 296 g/mol. The molecule has 0 aromatic heterocycles. The number of benzene rings is 2. The van der Waals surface area contributed by atoms with E-state index in [1.54, 1.807) is 4.90 Å². The van der Waals surface area contributed by atoms with Crippen LogP contribution in [0.15, 0.2) is 54.6 Å². The van der Waals surface area contributed by atoms with E-state index >= 15 is 0 Å². The lowest BCUT2D eigenvalue weighted by molar-refractivity contribution is -0.918. The van der Waals surface area contributed by atoms with Gasteiger partial charge in [0.15, 0.2) is 0 Å². The summed E-state index contributed by atoms with van der Waals surface area (Å²) in [6, 6.07) is 18.5. The molecule has 1 saturated heterocycles. The van der Waals surface area contributed by atoms with E-state index in [1.807, 2.05) is 30.3 Å². The number of quaternary nitrogens is 1. The van der Waals surface area contributed by atoms with Crippen LogP contribution in [-0.2, 0) is 17.8 Å². The number of amides is 1. The number of likely N-dealkylation sites (tertiary alicyclic amines) is 1. The summed E-state index contributed by atoms with van der Waals surface area (Å²) in [5.41, 5.74) is 3.45. The van der Waals surface area contributed by atoms with Gasteiger partial charge in [0, 0.05) is 17.7 Å². The molecule has 0 saturated carbocycles. The molecule has 2 N–H and O–H groups in total. The van der Waals surface area contributed by atoms with E-state index < -0.39 is 0 Å². The third-order valence-corrected chi connectivity index (χ3v) is 4.74. The Kier molecular flexibility index (Phi) is 6.02. The van der Waals surface area contributed by atoms with Crippen molar-refractivity contribution < 1.29 is 9.69 Å². The first-order valence-corrected chi connectivity index (χ1v) is 9.06. The predicted molar refractivity (Wildman–Crippen MR) is 98.1 cm³/mol. The average Bonchev–Trinajstić information content (AvgIpc) is 2.63. The summed E-state index contributed by atoms with van der Waals surface area (Å²) in [6.07, 6.45) is 5.39. The Morgan fingerprint density at radius 1 is 0.875 bits per heavy atom. The van der Waals surface area contributed by atoms with E-state index in [9.17, 15) is 4.79 Å². The zero-order valence-electron chi connectivity index (χ0n) is 14.3. The molecule has 0 atom stereocenters. The first-order valence-electron chi connectivity index (χ1n) is 9.06. The Labute approximate surface area is 144 Å². The second-order valence-corrected chi connectivity index (χ2v) is 6.72. The van der Waals surface area contributed by atoms with Crippen molar-refractivity contribution >= 4 is 11.6 Å². The lowest BCUT2D eigenvalue weighted by Gasteiger charge is -2.23. The molecule has 0 spiro atoms. The minimum Gasteiger partial charge on any atom is -0.331 e. The third kappa shape index (κ3) is 5.20. The van der Waals surface area contributed by atoms with Gasteiger partial charge in [-0.1, -0.05) is 42.5 Å². The molecule has 3 rings (SSSR count). The summed E-state index contributed by atoms with van der Waals surface area (Å²) in [5.74, 6) is 0.0771. The van der Waals surface area contributed by atoms with Gasteiger partial charge in [0.05, 0.1) is 13.1 Å². The number of nitrogens with one attached hydrogen (secondary N) is 2. The van der Waals surface area contributed by atoms with Gasteiger partial charge >= 0.3 is 0 Å². The second-order valence-electron chi connectivity index (χ2n) is 6.72. The van der Waals surface area contributed by atoms with Crippen LogP contribution in [0, 0.1) is 0 Å². The summed E-state index contributed by atoms with van der Waals surface area (Å²) in [4.78, 5) is 13.8. The molecule has 3 heteroatoms. The Balaban J connectivity index is 1.45. The molecule has 24 heavy (non-hydrogen) atoms. The van der Waals surface area contributed by atoms with Gasteiger partial charge in [0.2, 0.25) is 5.91 Å². The molecule has 0 radical (unpaired) electrons. The lowest BCUT2D eigenvalue weighted by Crippen LogP contribution is -3.11. The Bertz CT molecular complexity index is 631. The summed E-state index contributed by atoms with van der Waals surface area (Å²) >= 11 is 0. The smallest absolute Gasteiger partial charge is 0.224 e. The van der Waals surface area contributed by atoms with Crippen LogP contribution in [0.25, 0.3) is 0 Å². The molecule has 1 amide bonds. The topological polar surface area (TPSA) is 33.5 Å². The van der Waals surface area contributed by atoms with Gasteiger partial charge in [-0.2, -0.15) is 0 Å². The molecule has 3 nitrogen and oxygen atoms in total. The normalized spacial score (nSPS) is 15.2. The summed E-state index contributed by atoms with van der Waals surface area (Å²) in [5, 5.41) is 3.00. The molecule has 1 aliphatic heterocycles. The average molecular weight is 323 g/mol. The van der Waals surface area contributed by atoms with Crippen LogP contribution in [0.5, 0.6) is 0 Å². The number of hydrogen-bond donors (Lipinski definition) is 2. The monoisotopic (exact) mass is 323 g/mol. The Hall–Kier alpha value is -2.13. The van der Waals surface area contributed by atoms with Crippen LogP contribution in [0.2, 0.25) is 0 Å². The fourth-order valence-corrected chi connectivity index (χ4v) is 3.35. The Morgan fingerprint density at radius 2 is 1.58 bits per heavy atom. The van der Waals surface area contributed by atoms with E-state index in [0.29, 0.717) is 6.42 Å². The molecule has 126 valence electrons. The largest absolute Gasteiger partial charge is 0.331 e. The fraction of sp³-hybridized carbons (Fsp3) is 0.381. The van der Waals surface area contributed by atoms with Crippen molar-refractivity contribution in [2.45, 2.75) is 38.6 Å². The van der Waals surface area contributed by atoms with Gasteiger partial charge in [-0.3, -0.25) is 4.79 Å². The predicted octanol–water partition coefficient (Wildman–Crippen LogP) is 2.83. The number of carbonyl (C=O) groups is 1.